The number of benzene rings is 1. The van der Waals surface area contributed by atoms with E-state index < -0.39 is 0 Å². The van der Waals surface area contributed by atoms with Gasteiger partial charge >= 0.3 is 0 Å². The van der Waals surface area contributed by atoms with E-state index in [-0.39, 0.29) is 30.7 Å². The first-order valence-corrected chi connectivity index (χ1v) is 5.04. The zero-order valence-electron chi connectivity index (χ0n) is 8.64. The maximum Gasteiger partial charge on any atom is 0.230 e. The minimum Gasteiger partial charge on any atom is -0.328 e. The molecule has 0 aromatic heterocycles. The van der Waals surface area contributed by atoms with Crippen molar-refractivity contribution >= 4 is 11.7 Å². The Morgan fingerprint density at radius 3 is 2.40 bits per heavy atom. The number of hydrogen-bond donors (Lipinski definition) is 0. The molecule has 1 fully saturated rings. The predicted octanol–water partition coefficient (Wildman–Crippen LogP) is 1.55. The van der Waals surface area contributed by atoms with Crippen LogP contribution in [0, 0.1) is 0 Å². The van der Waals surface area contributed by atoms with Crippen LogP contribution in [0.3, 0.4) is 0 Å². The maximum absolute atomic E-state index is 11.5. The van der Waals surface area contributed by atoms with Gasteiger partial charge in [-0.05, 0) is 12.5 Å². The third kappa shape index (κ3) is 1.91. The molecule has 1 unspecified atom stereocenters. The number of Topliss-reactive ketones (excluding diaryl/α,β-unsaturated/α-hetero) is 1. The fraction of sp³-hybridized carbons (Fsp3) is 0.333. The van der Waals surface area contributed by atoms with Crippen LogP contribution in [0.1, 0.15) is 24.9 Å². The van der Waals surface area contributed by atoms with Crippen molar-refractivity contribution in [3.05, 3.63) is 35.9 Å². The van der Waals surface area contributed by atoms with Gasteiger partial charge in [-0.1, -0.05) is 30.3 Å². The van der Waals surface area contributed by atoms with Crippen LogP contribution in [-0.2, 0) is 9.59 Å². The summed E-state index contributed by atoms with van der Waals surface area (Å²) in [4.78, 5) is 24.3. The fourth-order valence-corrected chi connectivity index (χ4v) is 1.87. The van der Waals surface area contributed by atoms with Crippen molar-refractivity contribution in [2.24, 2.45) is 0 Å². The molecular formula is C12H13NO2. The highest BCUT2D eigenvalue weighted by atomic mass is 16.2. The van der Waals surface area contributed by atoms with Crippen molar-refractivity contribution < 1.29 is 9.59 Å². The molecule has 1 aliphatic rings. The van der Waals surface area contributed by atoms with Gasteiger partial charge < -0.3 is 4.90 Å². The van der Waals surface area contributed by atoms with Crippen molar-refractivity contribution in [2.75, 3.05) is 6.54 Å². The Hall–Kier alpha value is -1.64. The Bertz CT molecular complexity index is 386. The summed E-state index contributed by atoms with van der Waals surface area (Å²) in [5.41, 5.74) is 1.07. The van der Waals surface area contributed by atoms with Crippen LogP contribution in [0.25, 0.3) is 0 Å². The van der Waals surface area contributed by atoms with E-state index in [9.17, 15) is 9.59 Å². The molecule has 0 radical (unpaired) electrons. The molecule has 2 rings (SSSR count). The van der Waals surface area contributed by atoms with E-state index in [1.807, 2.05) is 37.3 Å². The summed E-state index contributed by atoms with van der Waals surface area (Å²) in [5.74, 6) is -0.0425. The predicted molar refractivity (Wildman–Crippen MR) is 56.2 cm³/mol. The zero-order valence-corrected chi connectivity index (χ0v) is 8.64. The van der Waals surface area contributed by atoms with Gasteiger partial charge in [0.15, 0.2) is 5.78 Å². The molecule has 1 aromatic rings. The first-order chi connectivity index (χ1) is 7.18. The summed E-state index contributed by atoms with van der Waals surface area (Å²) in [5, 5.41) is 0. The van der Waals surface area contributed by atoms with E-state index in [0.717, 1.165) is 5.56 Å². The van der Waals surface area contributed by atoms with Crippen LogP contribution >= 0.6 is 0 Å². The second-order valence-corrected chi connectivity index (χ2v) is 3.82. The molecule has 15 heavy (non-hydrogen) atoms. The minimum absolute atomic E-state index is 0.00912. The van der Waals surface area contributed by atoms with E-state index in [2.05, 4.69) is 0 Å². The molecule has 78 valence electrons. The number of carbonyl (C=O) groups is 2. The van der Waals surface area contributed by atoms with Gasteiger partial charge in [0.25, 0.3) is 0 Å². The standard InChI is InChI=1S/C12H13NO2/c1-9(10-5-3-2-4-6-10)13-8-11(14)7-12(13)15/h2-6,9H,7-8H2,1H3. The highest BCUT2D eigenvalue weighted by Gasteiger charge is 2.31. The number of rotatable bonds is 2. The molecule has 0 N–H and O–H groups in total. The first kappa shape index (κ1) is 9.90. The Balaban J connectivity index is 2.18. The summed E-state index contributed by atoms with van der Waals surface area (Å²) < 4.78 is 0. The number of ketones is 1. The number of amides is 1. The van der Waals surface area contributed by atoms with Gasteiger partial charge in [0.05, 0.1) is 19.0 Å². The Labute approximate surface area is 88.7 Å². The lowest BCUT2D eigenvalue weighted by molar-refractivity contribution is -0.129. The molecule has 0 aliphatic carbocycles. The molecule has 1 amide bonds. The van der Waals surface area contributed by atoms with Crippen molar-refractivity contribution in [1.29, 1.82) is 0 Å². The molecule has 1 aromatic carbocycles. The molecule has 0 bridgehead atoms. The van der Waals surface area contributed by atoms with E-state index in [1.165, 1.54) is 0 Å². The number of hydrogen-bond acceptors (Lipinski definition) is 2. The van der Waals surface area contributed by atoms with Crippen LogP contribution in [0.2, 0.25) is 0 Å². The second-order valence-electron chi connectivity index (χ2n) is 3.82. The number of nitrogens with zero attached hydrogens (tertiary/aromatic N) is 1. The normalized spacial score (nSPS) is 18.3. The molecule has 0 saturated carbocycles. The van der Waals surface area contributed by atoms with Crippen LogP contribution < -0.4 is 0 Å². The molecule has 1 atom stereocenters. The molecular weight excluding hydrogens is 190 g/mol. The van der Waals surface area contributed by atoms with Gasteiger partial charge in [-0.25, -0.2) is 0 Å². The van der Waals surface area contributed by atoms with Crippen LogP contribution in [-0.4, -0.2) is 23.1 Å². The average Bonchev–Trinajstić information content (AvgIpc) is 2.58. The Morgan fingerprint density at radius 1 is 1.20 bits per heavy atom. The molecule has 0 spiro atoms. The summed E-state index contributed by atoms with van der Waals surface area (Å²) in [7, 11) is 0. The van der Waals surface area contributed by atoms with E-state index >= 15 is 0 Å². The lowest BCUT2D eigenvalue weighted by Crippen LogP contribution is -2.28. The van der Waals surface area contributed by atoms with Crippen LogP contribution in [0.5, 0.6) is 0 Å². The third-order valence-electron chi connectivity index (χ3n) is 2.76. The second kappa shape index (κ2) is 3.85. The van der Waals surface area contributed by atoms with E-state index in [4.69, 9.17) is 0 Å². The molecule has 1 heterocycles. The molecule has 1 aliphatic heterocycles. The summed E-state index contributed by atoms with van der Waals surface area (Å²) in [6.07, 6.45) is 0.0666. The highest BCUT2D eigenvalue weighted by molar-refractivity contribution is 6.05. The lowest BCUT2D eigenvalue weighted by atomic mass is 10.1. The largest absolute Gasteiger partial charge is 0.328 e. The van der Waals surface area contributed by atoms with Crippen molar-refractivity contribution in [3.63, 3.8) is 0 Å². The van der Waals surface area contributed by atoms with Gasteiger partial charge in [0.2, 0.25) is 5.91 Å². The number of carbonyl (C=O) groups excluding carboxylic acids is 2. The van der Waals surface area contributed by atoms with Crippen LogP contribution in [0.4, 0.5) is 0 Å². The SMILES string of the molecule is CC(c1ccccc1)N1CC(=O)CC1=O. The van der Waals surface area contributed by atoms with E-state index in [1.54, 1.807) is 4.90 Å². The van der Waals surface area contributed by atoms with Crippen molar-refractivity contribution in [2.45, 2.75) is 19.4 Å². The fourth-order valence-electron chi connectivity index (χ4n) is 1.87. The van der Waals surface area contributed by atoms with Crippen LogP contribution in [0.15, 0.2) is 30.3 Å². The van der Waals surface area contributed by atoms with Gasteiger partial charge in [-0.2, -0.15) is 0 Å². The molecule has 1 saturated heterocycles. The minimum atomic E-state index is -0.0589. The smallest absolute Gasteiger partial charge is 0.230 e. The van der Waals surface area contributed by atoms with Gasteiger partial charge in [-0.3, -0.25) is 9.59 Å². The Kier molecular flexibility index (Phi) is 2.54. The topological polar surface area (TPSA) is 37.4 Å². The summed E-state index contributed by atoms with van der Waals surface area (Å²) in [6, 6.07) is 9.75. The monoisotopic (exact) mass is 203 g/mol. The highest BCUT2D eigenvalue weighted by Crippen LogP contribution is 2.23. The first-order valence-electron chi connectivity index (χ1n) is 5.04. The summed E-state index contributed by atoms with van der Waals surface area (Å²) >= 11 is 0. The van der Waals surface area contributed by atoms with Gasteiger partial charge in [-0.15, -0.1) is 0 Å². The Morgan fingerprint density at radius 2 is 1.87 bits per heavy atom. The van der Waals surface area contributed by atoms with Crippen molar-refractivity contribution in [1.82, 2.24) is 4.90 Å². The third-order valence-corrected chi connectivity index (χ3v) is 2.76. The lowest BCUT2D eigenvalue weighted by Gasteiger charge is -2.23. The quantitative estimate of drug-likeness (QED) is 0.684. The maximum atomic E-state index is 11.5. The van der Waals surface area contributed by atoms with Crippen molar-refractivity contribution in [3.8, 4) is 0 Å². The molecule has 3 nitrogen and oxygen atoms in total. The van der Waals surface area contributed by atoms with Gasteiger partial charge in [0, 0.05) is 0 Å². The van der Waals surface area contributed by atoms with Gasteiger partial charge in [0.1, 0.15) is 0 Å². The average molecular weight is 203 g/mol. The summed E-state index contributed by atoms with van der Waals surface area (Å²) in [6.45, 7) is 2.21. The zero-order chi connectivity index (χ0) is 10.8. The van der Waals surface area contributed by atoms with E-state index in [0.29, 0.717) is 0 Å². The molecule has 3 heteroatoms. The number of likely N-dealkylation sites (tertiary alicyclic amines) is 1.